The highest BCUT2D eigenvalue weighted by atomic mass is 35.5. The molecule has 0 saturated carbocycles. The third kappa shape index (κ3) is 5.47. The number of anilines is 1. The first-order valence-electron chi connectivity index (χ1n) is 9.12. The summed E-state index contributed by atoms with van der Waals surface area (Å²) >= 11 is 6.07. The van der Waals surface area contributed by atoms with Gasteiger partial charge in [0.2, 0.25) is 0 Å². The molecule has 1 N–H and O–H groups in total. The topological polar surface area (TPSA) is 62.1 Å². The predicted molar refractivity (Wildman–Crippen MR) is 116 cm³/mol. The molecule has 30 heavy (non-hydrogen) atoms. The number of aryl methyl sites for hydroxylation is 1. The third-order valence-corrected chi connectivity index (χ3v) is 4.72. The third-order valence-electron chi connectivity index (χ3n) is 4.32. The van der Waals surface area contributed by atoms with Crippen molar-refractivity contribution in [1.82, 2.24) is 0 Å². The van der Waals surface area contributed by atoms with Gasteiger partial charge in [0.15, 0.2) is 0 Å². The molecule has 3 aromatic rings. The van der Waals surface area contributed by atoms with Crippen LogP contribution in [0.3, 0.4) is 0 Å². The summed E-state index contributed by atoms with van der Waals surface area (Å²) in [6.07, 6.45) is 1.46. The van der Waals surface area contributed by atoms with Crippen LogP contribution in [0.4, 0.5) is 10.1 Å². The molecule has 0 spiro atoms. The van der Waals surface area contributed by atoms with Crippen molar-refractivity contribution in [3.63, 3.8) is 0 Å². The van der Waals surface area contributed by atoms with Crippen molar-refractivity contribution < 1.29 is 13.9 Å². The lowest BCUT2D eigenvalue weighted by Crippen LogP contribution is -2.13. The maximum absolute atomic E-state index is 13.7. The number of halogens is 2. The highest BCUT2D eigenvalue weighted by Gasteiger charge is 2.11. The zero-order valence-electron chi connectivity index (χ0n) is 16.2. The zero-order valence-corrected chi connectivity index (χ0v) is 16.9. The van der Waals surface area contributed by atoms with Crippen molar-refractivity contribution in [2.75, 3.05) is 5.32 Å². The van der Waals surface area contributed by atoms with Gasteiger partial charge in [-0.3, -0.25) is 4.79 Å². The van der Waals surface area contributed by atoms with Gasteiger partial charge in [-0.1, -0.05) is 48.0 Å². The van der Waals surface area contributed by atoms with E-state index < -0.39 is 5.91 Å². The van der Waals surface area contributed by atoms with Crippen LogP contribution in [0.5, 0.6) is 5.75 Å². The number of nitrogens with one attached hydrogen (secondary N) is 1. The van der Waals surface area contributed by atoms with Crippen molar-refractivity contribution >= 4 is 29.3 Å². The average molecular weight is 421 g/mol. The summed E-state index contributed by atoms with van der Waals surface area (Å²) in [4.78, 5) is 12.5. The molecule has 150 valence electrons. The first kappa shape index (κ1) is 21.1. The molecule has 1 amide bonds. The van der Waals surface area contributed by atoms with Crippen molar-refractivity contribution in [3.8, 4) is 11.8 Å². The maximum Gasteiger partial charge on any atom is 0.266 e. The number of nitrogens with zero attached hydrogens (tertiary/aromatic N) is 1. The van der Waals surface area contributed by atoms with Crippen molar-refractivity contribution in [1.29, 1.82) is 5.26 Å². The Labute approximate surface area is 179 Å². The molecule has 0 atom stereocenters. The quantitative estimate of drug-likeness (QED) is 0.398. The van der Waals surface area contributed by atoms with Crippen LogP contribution < -0.4 is 10.1 Å². The number of carbonyl (C=O) groups excluding carboxylic acids is 1. The highest BCUT2D eigenvalue weighted by molar-refractivity contribution is 6.31. The van der Waals surface area contributed by atoms with Crippen LogP contribution in [-0.2, 0) is 11.4 Å². The number of amides is 1. The predicted octanol–water partition coefficient (Wildman–Crippen LogP) is 5.91. The number of carbonyl (C=O) groups is 1. The molecule has 0 aromatic heterocycles. The van der Waals surface area contributed by atoms with Gasteiger partial charge in [0.05, 0.1) is 0 Å². The van der Waals surface area contributed by atoms with E-state index in [2.05, 4.69) is 5.32 Å². The van der Waals surface area contributed by atoms with E-state index >= 15 is 0 Å². The number of hydrogen-bond donors (Lipinski definition) is 1. The SMILES string of the molecule is Cc1ccc(NC(=O)/C(C#N)=C\c2cccc(OCc3ccccc3F)c2)cc1Cl. The summed E-state index contributed by atoms with van der Waals surface area (Å²) in [7, 11) is 0. The van der Waals surface area contributed by atoms with Gasteiger partial charge >= 0.3 is 0 Å². The molecule has 4 nitrogen and oxygen atoms in total. The number of benzene rings is 3. The molecule has 6 heteroatoms. The molecule has 0 unspecified atom stereocenters. The lowest BCUT2D eigenvalue weighted by molar-refractivity contribution is -0.112. The molecule has 3 rings (SSSR count). The van der Waals surface area contributed by atoms with E-state index in [0.717, 1.165) is 5.56 Å². The fraction of sp³-hybridized carbons (Fsp3) is 0.0833. The van der Waals surface area contributed by atoms with Crippen molar-refractivity contribution in [3.05, 3.63) is 99.8 Å². The Balaban J connectivity index is 1.73. The van der Waals surface area contributed by atoms with Crippen molar-refractivity contribution in [2.24, 2.45) is 0 Å². The van der Waals surface area contributed by atoms with Gasteiger partial charge in [-0.05, 0) is 54.5 Å². The molecular formula is C24H18ClFN2O2. The molecule has 0 fully saturated rings. The minimum atomic E-state index is -0.546. The van der Waals surface area contributed by atoms with E-state index in [0.29, 0.717) is 27.6 Å². The van der Waals surface area contributed by atoms with Gasteiger partial charge in [0.25, 0.3) is 5.91 Å². The first-order valence-corrected chi connectivity index (χ1v) is 9.49. The molecule has 0 bridgehead atoms. The van der Waals surface area contributed by atoms with Gasteiger partial charge in [-0.2, -0.15) is 5.26 Å². The summed E-state index contributed by atoms with van der Waals surface area (Å²) < 4.78 is 19.4. The largest absolute Gasteiger partial charge is 0.489 e. The molecule has 3 aromatic carbocycles. The van der Waals surface area contributed by atoms with Crippen LogP contribution in [-0.4, -0.2) is 5.91 Å². The van der Waals surface area contributed by atoms with E-state index in [9.17, 15) is 14.4 Å². The minimum absolute atomic E-state index is 0.0691. The second-order valence-electron chi connectivity index (χ2n) is 6.54. The Hall–Kier alpha value is -3.62. The lowest BCUT2D eigenvalue weighted by atomic mass is 10.1. The van der Waals surface area contributed by atoms with Crippen molar-refractivity contribution in [2.45, 2.75) is 13.5 Å². The molecule has 0 saturated heterocycles. The van der Waals surface area contributed by atoms with Gasteiger partial charge in [0, 0.05) is 16.3 Å². The molecule has 0 aliphatic heterocycles. The van der Waals surface area contributed by atoms with Crippen LogP contribution in [0.15, 0.2) is 72.3 Å². The van der Waals surface area contributed by atoms with E-state index in [4.69, 9.17) is 16.3 Å². The average Bonchev–Trinajstić information content (AvgIpc) is 2.74. The van der Waals surface area contributed by atoms with Crippen LogP contribution in [0.2, 0.25) is 5.02 Å². The van der Waals surface area contributed by atoms with Gasteiger partial charge in [-0.15, -0.1) is 0 Å². The summed E-state index contributed by atoms with van der Waals surface area (Å²) in [5.41, 5.74) is 2.36. The normalized spacial score (nSPS) is 10.9. The second kappa shape index (κ2) is 9.73. The number of nitriles is 1. The number of hydrogen-bond acceptors (Lipinski definition) is 3. The summed E-state index contributed by atoms with van der Waals surface area (Å²) in [6, 6.07) is 20.3. The van der Waals surface area contributed by atoms with Crippen LogP contribution in [0.1, 0.15) is 16.7 Å². The molecule has 0 heterocycles. The number of rotatable bonds is 6. The summed E-state index contributed by atoms with van der Waals surface area (Å²) in [6.45, 7) is 1.93. The first-order chi connectivity index (χ1) is 14.5. The Kier molecular flexibility index (Phi) is 6.84. The minimum Gasteiger partial charge on any atom is -0.489 e. The van der Waals surface area contributed by atoms with E-state index in [1.165, 1.54) is 12.1 Å². The van der Waals surface area contributed by atoms with Crippen LogP contribution >= 0.6 is 11.6 Å². The lowest BCUT2D eigenvalue weighted by Gasteiger charge is -2.08. The highest BCUT2D eigenvalue weighted by Crippen LogP contribution is 2.21. The fourth-order valence-electron chi connectivity index (χ4n) is 2.65. The zero-order chi connectivity index (χ0) is 21.5. The van der Waals surface area contributed by atoms with Gasteiger partial charge in [-0.25, -0.2) is 4.39 Å². The van der Waals surface area contributed by atoms with Crippen LogP contribution in [0, 0.1) is 24.1 Å². The van der Waals surface area contributed by atoms with Gasteiger partial charge < -0.3 is 10.1 Å². The smallest absolute Gasteiger partial charge is 0.266 e. The Morgan fingerprint density at radius 1 is 1.17 bits per heavy atom. The van der Waals surface area contributed by atoms with E-state index in [-0.39, 0.29) is 18.0 Å². The molecular weight excluding hydrogens is 403 g/mol. The number of ether oxygens (including phenoxy) is 1. The van der Waals surface area contributed by atoms with Crippen LogP contribution in [0.25, 0.3) is 6.08 Å². The second-order valence-corrected chi connectivity index (χ2v) is 6.95. The van der Waals surface area contributed by atoms with E-state index in [1.54, 1.807) is 60.7 Å². The molecule has 0 aliphatic carbocycles. The molecule has 0 radical (unpaired) electrons. The summed E-state index contributed by atoms with van der Waals surface area (Å²) in [5, 5.41) is 12.6. The summed E-state index contributed by atoms with van der Waals surface area (Å²) in [5.74, 6) is -0.390. The standard InChI is InChI=1S/C24H18ClFN2O2/c1-16-9-10-20(13-22(16)25)28-24(29)19(14-27)11-17-5-4-7-21(12-17)30-15-18-6-2-3-8-23(18)26/h2-13H,15H2,1H3,(H,28,29)/b19-11-. The Morgan fingerprint density at radius 3 is 2.70 bits per heavy atom. The van der Waals surface area contributed by atoms with E-state index in [1.807, 2.05) is 13.0 Å². The Bertz CT molecular complexity index is 1150. The maximum atomic E-state index is 13.7. The monoisotopic (exact) mass is 420 g/mol. The Morgan fingerprint density at radius 2 is 1.97 bits per heavy atom. The fourth-order valence-corrected chi connectivity index (χ4v) is 2.84. The molecule has 0 aliphatic rings. The van der Waals surface area contributed by atoms with Gasteiger partial charge in [0.1, 0.15) is 29.8 Å².